The van der Waals surface area contributed by atoms with E-state index >= 15 is 0 Å². The molecule has 104 valence electrons. The largest absolute Gasteiger partial charge is 0.497 e. The maximum atomic E-state index is 11.0. The van der Waals surface area contributed by atoms with E-state index in [1.807, 2.05) is 20.8 Å². The minimum atomic E-state index is -0.259. The van der Waals surface area contributed by atoms with Crippen LogP contribution in [0.3, 0.4) is 0 Å². The Balaban J connectivity index is 4.91. The van der Waals surface area contributed by atoms with Gasteiger partial charge >= 0.3 is 0 Å². The number of ether oxygens (including phenoxy) is 2. The lowest BCUT2D eigenvalue weighted by atomic mass is 9.91. The van der Waals surface area contributed by atoms with Gasteiger partial charge in [0.05, 0.1) is 13.2 Å². The number of hydrogen-bond donors (Lipinski definition) is 1. The van der Waals surface area contributed by atoms with Gasteiger partial charge in [-0.3, -0.25) is 4.79 Å². The van der Waals surface area contributed by atoms with Gasteiger partial charge in [0.25, 0.3) is 0 Å². The number of allylic oxidation sites excluding steroid dienone is 1. The summed E-state index contributed by atoms with van der Waals surface area (Å²) in [6.07, 6.45) is 2.68. The monoisotopic (exact) mass is 255 g/mol. The van der Waals surface area contributed by atoms with Crippen molar-refractivity contribution in [2.24, 2.45) is 5.41 Å². The molecule has 0 fully saturated rings. The smallest absolute Gasteiger partial charge is 0.221 e. The predicted octanol–water partition coefficient (Wildman–Crippen LogP) is 2.62. The van der Waals surface area contributed by atoms with Crippen molar-refractivity contribution in [2.45, 2.75) is 34.1 Å². The number of carbonyl (C=O) groups excluding carboxylic acids is 1. The minimum absolute atomic E-state index is 0.143. The summed E-state index contributed by atoms with van der Waals surface area (Å²) < 4.78 is 10.9. The van der Waals surface area contributed by atoms with Crippen molar-refractivity contribution in [3.8, 4) is 0 Å². The quantitative estimate of drug-likeness (QED) is 0.536. The van der Waals surface area contributed by atoms with E-state index in [1.165, 1.54) is 6.92 Å². The highest BCUT2D eigenvalue weighted by Gasteiger charge is 2.25. The first-order valence-electron chi connectivity index (χ1n) is 6.14. The van der Waals surface area contributed by atoms with Gasteiger partial charge in [0, 0.05) is 25.1 Å². The average Bonchev–Trinajstić information content (AvgIpc) is 2.22. The molecular weight excluding hydrogens is 230 g/mol. The Morgan fingerprint density at radius 1 is 1.44 bits per heavy atom. The molecule has 0 aromatic carbocycles. The second-order valence-electron chi connectivity index (χ2n) is 4.88. The van der Waals surface area contributed by atoms with Crippen LogP contribution in [0.25, 0.3) is 0 Å². The lowest BCUT2D eigenvalue weighted by molar-refractivity contribution is -0.118. The van der Waals surface area contributed by atoms with Crippen LogP contribution in [0.5, 0.6) is 0 Å². The second kappa shape index (κ2) is 7.93. The van der Waals surface area contributed by atoms with Gasteiger partial charge in [-0.2, -0.15) is 0 Å². The van der Waals surface area contributed by atoms with Gasteiger partial charge in [-0.25, -0.2) is 0 Å². The van der Waals surface area contributed by atoms with Crippen molar-refractivity contribution < 1.29 is 14.3 Å². The van der Waals surface area contributed by atoms with E-state index in [1.54, 1.807) is 13.2 Å². The van der Waals surface area contributed by atoms with E-state index in [2.05, 4.69) is 11.9 Å². The van der Waals surface area contributed by atoms with Gasteiger partial charge in [0.2, 0.25) is 5.91 Å². The summed E-state index contributed by atoms with van der Waals surface area (Å²) in [5.74, 6) is 0.626. The normalized spacial score (nSPS) is 12.2. The number of amides is 1. The molecule has 0 saturated heterocycles. The molecule has 0 heterocycles. The van der Waals surface area contributed by atoms with Crippen molar-refractivity contribution in [3.05, 3.63) is 24.1 Å². The summed E-state index contributed by atoms with van der Waals surface area (Å²) in [6, 6.07) is 0. The number of hydrogen-bond acceptors (Lipinski definition) is 3. The van der Waals surface area contributed by atoms with Crippen LogP contribution in [0.4, 0.5) is 0 Å². The second-order valence-corrected chi connectivity index (χ2v) is 4.88. The van der Waals surface area contributed by atoms with Crippen LogP contribution in [-0.2, 0) is 14.3 Å². The van der Waals surface area contributed by atoms with Crippen LogP contribution >= 0.6 is 0 Å². The molecule has 4 nitrogen and oxygen atoms in total. The highest BCUT2D eigenvalue weighted by molar-refractivity contribution is 5.75. The molecule has 4 heteroatoms. The summed E-state index contributed by atoms with van der Waals surface area (Å²) in [7, 11) is 1.65. The molecule has 0 aliphatic heterocycles. The van der Waals surface area contributed by atoms with Gasteiger partial charge in [0.1, 0.15) is 5.76 Å². The fraction of sp³-hybridized carbons (Fsp3) is 0.643. The first-order chi connectivity index (χ1) is 8.33. The first-order valence-corrected chi connectivity index (χ1v) is 6.14. The Kier molecular flexibility index (Phi) is 7.36. The molecule has 0 atom stereocenters. The van der Waals surface area contributed by atoms with Crippen LogP contribution in [0.1, 0.15) is 34.1 Å². The zero-order chi connectivity index (χ0) is 14.2. The zero-order valence-corrected chi connectivity index (χ0v) is 12.1. The third kappa shape index (κ3) is 6.45. The summed E-state index contributed by atoms with van der Waals surface area (Å²) in [5.41, 5.74) is 0.267. The van der Waals surface area contributed by atoms with Gasteiger partial charge in [-0.05, 0) is 12.5 Å². The van der Waals surface area contributed by atoms with Crippen LogP contribution in [0.15, 0.2) is 24.1 Å². The fourth-order valence-electron chi connectivity index (χ4n) is 1.50. The number of rotatable bonds is 8. The topological polar surface area (TPSA) is 47.6 Å². The Morgan fingerprint density at radius 2 is 2.06 bits per heavy atom. The number of carbonyl (C=O) groups is 1. The van der Waals surface area contributed by atoms with Gasteiger partial charge in [-0.1, -0.05) is 27.4 Å². The molecule has 0 aliphatic rings. The molecule has 1 amide bonds. The lowest BCUT2D eigenvalue weighted by Crippen LogP contribution is -2.25. The van der Waals surface area contributed by atoms with E-state index in [-0.39, 0.29) is 11.3 Å². The molecule has 0 aromatic rings. The van der Waals surface area contributed by atoms with Crippen LogP contribution in [-0.4, -0.2) is 26.2 Å². The van der Waals surface area contributed by atoms with E-state index in [0.29, 0.717) is 18.9 Å². The first kappa shape index (κ1) is 16.7. The Morgan fingerprint density at radius 3 is 2.50 bits per heavy atom. The van der Waals surface area contributed by atoms with Crippen molar-refractivity contribution in [2.75, 3.05) is 20.3 Å². The van der Waals surface area contributed by atoms with E-state index in [0.717, 1.165) is 12.2 Å². The molecule has 0 bridgehead atoms. The molecule has 0 rings (SSSR count). The van der Waals surface area contributed by atoms with E-state index in [9.17, 15) is 4.79 Å². The van der Waals surface area contributed by atoms with Crippen LogP contribution in [0.2, 0.25) is 0 Å². The van der Waals surface area contributed by atoms with Gasteiger partial charge in [0.15, 0.2) is 0 Å². The molecule has 1 N–H and O–H groups in total. The van der Waals surface area contributed by atoms with E-state index < -0.39 is 0 Å². The highest BCUT2D eigenvalue weighted by Crippen LogP contribution is 2.28. The third-order valence-electron chi connectivity index (χ3n) is 2.28. The summed E-state index contributed by atoms with van der Waals surface area (Å²) in [4.78, 5) is 11.0. The standard InChI is InChI=1S/C14H25NO3/c1-7-8-18-13(14(4,5)10-17-6)9-11(2)15-12(3)16/h9H,2,7-8,10H2,1,3-6H3,(H,15,16). The average molecular weight is 255 g/mol. The van der Waals surface area contributed by atoms with Crippen LogP contribution < -0.4 is 5.32 Å². The molecule has 0 spiro atoms. The van der Waals surface area contributed by atoms with Gasteiger partial charge < -0.3 is 14.8 Å². The molecule has 18 heavy (non-hydrogen) atoms. The predicted molar refractivity (Wildman–Crippen MR) is 72.9 cm³/mol. The van der Waals surface area contributed by atoms with Gasteiger partial charge in [-0.15, -0.1) is 0 Å². The minimum Gasteiger partial charge on any atom is -0.497 e. The summed E-state index contributed by atoms with van der Waals surface area (Å²) >= 11 is 0. The van der Waals surface area contributed by atoms with E-state index in [4.69, 9.17) is 9.47 Å². The Labute approximate surface area is 110 Å². The molecule has 0 saturated carbocycles. The van der Waals surface area contributed by atoms with Crippen molar-refractivity contribution in [3.63, 3.8) is 0 Å². The van der Waals surface area contributed by atoms with Crippen molar-refractivity contribution in [1.29, 1.82) is 0 Å². The molecule has 0 aliphatic carbocycles. The Hall–Kier alpha value is -1.29. The number of nitrogens with one attached hydrogen (secondary N) is 1. The zero-order valence-electron chi connectivity index (χ0n) is 12.1. The van der Waals surface area contributed by atoms with Crippen molar-refractivity contribution in [1.82, 2.24) is 5.32 Å². The fourth-order valence-corrected chi connectivity index (χ4v) is 1.50. The lowest BCUT2D eigenvalue weighted by Gasteiger charge is -2.27. The number of methoxy groups -OCH3 is 1. The molecule has 0 unspecified atom stereocenters. The van der Waals surface area contributed by atoms with Crippen molar-refractivity contribution >= 4 is 5.91 Å². The maximum Gasteiger partial charge on any atom is 0.221 e. The molecule has 0 aromatic heterocycles. The molecular formula is C14H25NO3. The highest BCUT2D eigenvalue weighted by atomic mass is 16.5. The molecule has 0 radical (unpaired) electrons. The maximum absolute atomic E-state index is 11.0. The SMILES string of the molecule is C=C(C=C(OCCC)C(C)(C)COC)NC(C)=O. The Bertz CT molecular complexity index is 319. The third-order valence-corrected chi connectivity index (χ3v) is 2.28. The van der Waals surface area contributed by atoms with Crippen LogP contribution in [0, 0.1) is 5.41 Å². The summed E-state index contributed by atoms with van der Waals surface area (Å²) in [5, 5.41) is 2.63. The summed E-state index contributed by atoms with van der Waals surface area (Å²) in [6.45, 7) is 12.5.